The SMILES string of the molecule is CC1(C)c2ccccc2-c2ccc(-c3cccc(N(c4ccc(-c5ccccc5)cc4)c4ccc5c(c4)C(C)(C)c4ccccc4-5)c3-c3cc4ccccc4c4ccccc34)cc21. The normalized spacial score (nSPS) is 14.0. The molecule has 1 nitrogen and oxygen atoms in total. The van der Waals surface area contributed by atoms with Crippen LogP contribution in [0, 0.1) is 0 Å². The molecular weight excluding hydrogens is 759 g/mol. The van der Waals surface area contributed by atoms with Crippen LogP contribution < -0.4 is 4.90 Å². The topological polar surface area (TPSA) is 3.24 Å². The fourth-order valence-corrected chi connectivity index (χ4v) is 11.1. The molecule has 0 unspecified atom stereocenters. The Labute approximate surface area is 370 Å². The van der Waals surface area contributed by atoms with Crippen molar-refractivity contribution in [2.24, 2.45) is 0 Å². The Morgan fingerprint density at radius 3 is 1.52 bits per heavy atom. The number of rotatable bonds is 6. The van der Waals surface area contributed by atoms with Gasteiger partial charge in [-0.05, 0) is 136 Å². The van der Waals surface area contributed by atoms with E-state index in [1.807, 2.05) is 0 Å². The van der Waals surface area contributed by atoms with Crippen molar-refractivity contribution < 1.29 is 0 Å². The molecule has 0 bridgehead atoms. The Hall–Kier alpha value is -7.48. The molecule has 300 valence electrons. The van der Waals surface area contributed by atoms with E-state index in [-0.39, 0.29) is 10.8 Å². The molecule has 2 aliphatic carbocycles. The summed E-state index contributed by atoms with van der Waals surface area (Å²) in [7, 11) is 0. The van der Waals surface area contributed by atoms with Crippen LogP contribution in [0.1, 0.15) is 49.9 Å². The molecule has 0 aliphatic heterocycles. The highest BCUT2D eigenvalue weighted by atomic mass is 15.1. The van der Waals surface area contributed by atoms with Gasteiger partial charge in [-0.15, -0.1) is 0 Å². The smallest absolute Gasteiger partial charge is 0.0546 e. The number of fused-ring (bicyclic) bond motifs is 9. The van der Waals surface area contributed by atoms with E-state index in [0.717, 1.165) is 17.1 Å². The van der Waals surface area contributed by atoms with Gasteiger partial charge >= 0.3 is 0 Å². The third kappa shape index (κ3) is 5.69. The van der Waals surface area contributed by atoms with Gasteiger partial charge in [-0.1, -0.05) is 198 Å². The lowest BCUT2D eigenvalue weighted by molar-refractivity contribution is 0.660. The fraction of sp³-hybridized carbons (Fsp3) is 0.0968. The van der Waals surface area contributed by atoms with Crippen molar-refractivity contribution >= 4 is 38.6 Å². The van der Waals surface area contributed by atoms with Gasteiger partial charge in [0.25, 0.3) is 0 Å². The van der Waals surface area contributed by atoms with Crippen molar-refractivity contribution in [2.75, 3.05) is 4.90 Å². The first-order chi connectivity index (χ1) is 30.8. The zero-order valence-corrected chi connectivity index (χ0v) is 36.2. The average molecular weight is 806 g/mol. The summed E-state index contributed by atoms with van der Waals surface area (Å²) in [6.45, 7) is 9.51. The molecule has 12 rings (SSSR count). The maximum Gasteiger partial charge on any atom is 0.0546 e. The van der Waals surface area contributed by atoms with Crippen molar-refractivity contribution in [3.63, 3.8) is 0 Å². The third-order valence-corrected chi connectivity index (χ3v) is 14.3. The van der Waals surface area contributed by atoms with Crippen LogP contribution in [0.2, 0.25) is 0 Å². The summed E-state index contributed by atoms with van der Waals surface area (Å²) < 4.78 is 0. The number of hydrogen-bond acceptors (Lipinski definition) is 1. The fourth-order valence-electron chi connectivity index (χ4n) is 11.1. The molecular formula is C62H47N. The lowest BCUT2D eigenvalue weighted by atomic mass is 9.81. The van der Waals surface area contributed by atoms with E-state index in [9.17, 15) is 0 Å². The number of hydrogen-bond donors (Lipinski definition) is 0. The van der Waals surface area contributed by atoms with Gasteiger partial charge < -0.3 is 4.90 Å². The highest BCUT2D eigenvalue weighted by Crippen LogP contribution is 2.54. The monoisotopic (exact) mass is 805 g/mol. The van der Waals surface area contributed by atoms with Gasteiger partial charge in [0.1, 0.15) is 0 Å². The lowest BCUT2D eigenvalue weighted by Crippen LogP contribution is -2.17. The predicted molar refractivity (Wildman–Crippen MR) is 268 cm³/mol. The summed E-state index contributed by atoms with van der Waals surface area (Å²) in [5.74, 6) is 0. The van der Waals surface area contributed by atoms with Gasteiger partial charge in [0.05, 0.1) is 5.69 Å². The zero-order valence-electron chi connectivity index (χ0n) is 36.2. The molecule has 0 fully saturated rings. The molecule has 0 radical (unpaired) electrons. The summed E-state index contributed by atoms with van der Waals surface area (Å²) in [4.78, 5) is 2.52. The average Bonchev–Trinajstić information content (AvgIpc) is 3.70. The van der Waals surface area contributed by atoms with Crippen molar-refractivity contribution in [1.82, 2.24) is 0 Å². The highest BCUT2D eigenvalue weighted by molar-refractivity contribution is 6.16. The third-order valence-electron chi connectivity index (χ3n) is 14.3. The Kier molecular flexibility index (Phi) is 8.30. The van der Waals surface area contributed by atoms with Crippen molar-refractivity contribution in [2.45, 2.75) is 38.5 Å². The number of anilines is 3. The molecule has 0 spiro atoms. The van der Waals surface area contributed by atoms with Crippen molar-refractivity contribution in [3.8, 4) is 55.6 Å². The van der Waals surface area contributed by atoms with Crippen LogP contribution in [0.4, 0.5) is 17.1 Å². The quantitative estimate of drug-likeness (QED) is 0.151. The van der Waals surface area contributed by atoms with Crippen LogP contribution in [0.3, 0.4) is 0 Å². The lowest BCUT2D eigenvalue weighted by Gasteiger charge is -2.31. The summed E-state index contributed by atoms with van der Waals surface area (Å²) in [5.41, 5.74) is 21.2. The van der Waals surface area contributed by atoms with Gasteiger partial charge in [0, 0.05) is 27.8 Å². The predicted octanol–water partition coefficient (Wildman–Crippen LogP) is 17.1. The van der Waals surface area contributed by atoms with Crippen molar-refractivity contribution in [1.29, 1.82) is 0 Å². The maximum atomic E-state index is 2.52. The highest BCUT2D eigenvalue weighted by Gasteiger charge is 2.37. The molecule has 0 saturated carbocycles. The second-order valence-corrected chi connectivity index (χ2v) is 18.5. The Bertz CT molecular complexity index is 3440. The second-order valence-electron chi connectivity index (χ2n) is 18.5. The first kappa shape index (κ1) is 37.3. The maximum absolute atomic E-state index is 2.52. The second kappa shape index (κ2) is 14.0. The minimum atomic E-state index is -0.154. The Morgan fingerprint density at radius 1 is 0.302 bits per heavy atom. The van der Waals surface area contributed by atoms with E-state index >= 15 is 0 Å². The molecule has 0 amide bonds. The number of nitrogens with zero attached hydrogens (tertiary/aromatic N) is 1. The van der Waals surface area contributed by atoms with Crippen LogP contribution in [0.25, 0.3) is 77.2 Å². The molecule has 2 aliphatic rings. The van der Waals surface area contributed by atoms with Crippen LogP contribution in [0.5, 0.6) is 0 Å². The summed E-state index contributed by atoms with van der Waals surface area (Å²) in [6.07, 6.45) is 0. The largest absolute Gasteiger partial charge is 0.310 e. The van der Waals surface area contributed by atoms with Gasteiger partial charge in [-0.25, -0.2) is 0 Å². The molecule has 10 aromatic carbocycles. The zero-order chi connectivity index (χ0) is 42.5. The Morgan fingerprint density at radius 2 is 0.810 bits per heavy atom. The van der Waals surface area contributed by atoms with Crippen LogP contribution in [-0.4, -0.2) is 0 Å². The molecule has 10 aromatic rings. The van der Waals surface area contributed by atoms with E-state index in [1.54, 1.807) is 0 Å². The van der Waals surface area contributed by atoms with Gasteiger partial charge in [0.15, 0.2) is 0 Å². The minimum absolute atomic E-state index is 0.128. The summed E-state index contributed by atoms with van der Waals surface area (Å²) in [5, 5.41) is 4.99. The molecule has 0 heterocycles. The standard InChI is InChI=1S/C62H47N/c1-61(2)55-26-14-12-23-50(55)52-35-31-43(38-57(52)61)47-25-16-28-59(60(47)54-37-42-19-8-9-20-46(42)48-21-10-11-22-49(48)54)63(44-32-29-41(30-33-44)40-17-6-5-7-18-40)45-34-36-53-51-24-13-15-27-56(51)62(3,4)58(53)39-45/h5-39H,1-4H3. The van der Waals surface area contributed by atoms with Crippen LogP contribution in [-0.2, 0) is 10.8 Å². The van der Waals surface area contributed by atoms with E-state index in [0.29, 0.717) is 0 Å². The molecule has 0 aromatic heterocycles. The molecule has 0 atom stereocenters. The van der Waals surface area contributed by atoms with E-state index in [1.165, 1.54) is 99.4 Å². The van der Waals surface area contributed by atoms with Gasteiger partial charge in [0.2, 0.25) is 0 Å². The Balaban J connectivity index is 1.15. The first-order valence-electron chi connectivity index (χ1n) is 22.3. The minimum Gasteiger partial charge on any atom is -0.310 e. The molecule has 63 heavy (non-hydrogen) atoms. The van der Waals surface area contributed by atoms with Crippen molar-refractivity contribution in [3.05, 3.63) is 235 Å². The first-order valence-corrected chi connectivity index (χ1v) is 22.3. The molecule has 0 N–H and O–H groups in total. The van der Waals surface area contributed by atoms with Gasteiger partial charge in [-0.2, -0.15) is 0 Å². The summed E-state index contributed by atoms with van der Waals surface area (Å²) >= 11 is 0. The molecule has 0 saturated heterocycles. The van der Waals surface area contributed by atoms with E-state index in [2.05, 4.69) is 245 Å². The van der Waals surface area contributed by atoms with Crippen LogP contribution in [0.15, 0.2) is 212 Å². The summed E-state index contributed by atoms with van der Waals surface area (Å²) in [6, 6.07) is 79.3. The van der Waals surface area contributed by atoms with E-state index in [4.69, 9.17) is 0 Å². The molecule has 1 heteroatoms. The van der Waals surface area contributed by atoms with Gasteiger partial charge in [-0.3, -0.25) is 0 Å². The van der Waals surface area contributed by atoms with E-state index < -0.39 is 0 Å². The van der Waals surface area contributed by atoms with Crippen LogP contribution >= 0.6 is 0 Å². The number of benzene rings is 10.